The Labute approximate surface area is 158 Å². The van der Waals surface area contributed by atoms with Gasteiger partial charge >= 0.3 is 6.18 Å². The number of ether oxygens (including phenoxy) is 1. The summed E-state index contributed by atoms with van der Waals surface area (Å²) >= 11 is 0. The Morgan fingerprint density at radius 2 is 2.11 bits per heavy atom. The van der Waals surface area contributed by atoms with Crippen molar-refractivity contribution in [3.63, 3.8) is 0 Å². The van der Waals surface area contributed by atoms with Gasteiger partial charge in [-0.3, -0.25) is 4.99 Å². The average Bonchev–Trinajstić information content (AvgIpc) is 2.63. The van der Waals surface area contributed by atoms with E-state index >= 15 is 0 Å². The fourth-order valence-electron chi connectivity index (χ4n) is 3.31. The number of aromatic hydroxyl groups is 1. The molecule has 0 aromatic heterocycles. The maximum absolute atomic E-state index is 13.0. The Kier molecular flexibility index (Phi) is 7.62. The molecular weight excluding hydrogens is 359 g/mol. The number of nitrogens with zero attached hydrogens (tertiary/aromatic N) is 1. The van der Waals surface area contributed by atoms with Crippen molar-refractivity contribution in [1.82, 2.24) is 10.6 Å². The van der Waals surface area contributed by atoms with Gasteiger partial charge < -0.3 is 20.5 Å². The number of phenolic OH excluding ortho intramolecular Hbond substituents is 1. The highest BCUT2D eigenvalue weighted by atomic mass is 19.4. The lowest BCUT2D eigenvalue weighted by atomic mass is 9.85. The van der Waals surface area contributed by atoms with Crippen molar-refractivity contribution in [3.8, 4) is 11.5 Å². The molecule has 0 aliphatic heterocycles. The minimum atomic E-state index is -4.13. The molecule has 5 nitrogen and oxygen atoms in total. The topological polar surface area (TPSA) is 65.9 Å². The summed E-state index contributed by atoms with van der Waals surface area (Å²) in [4.78, 5) is 4.48. The van der Waals surface area contributed by atoms with Crippen LogP contribution in [0.15, 0.2) is 23.2 Å². The highest BCUT2D eigenvalue weighted by Crippen LogP contribution is 2.37. The smallest absolute Gasteiger partial charge is 0.391 e. The molecule has 27 heavy (non-hydrogen) atoms. The molecule has 8 heteroatoms. The van der Waals surface area contributed by atoms with Crippen LogP contribution in [0, 0.1) is 5.92 Å². The molecular formula is C19H28F3N3O2. The first-order valence-corrected chi connectivity index (χ1v) is 9.31. The number of hydrogen-bond donors (Lipinski definition) is 3. The molecule has 2 rings (SSSR count). The molecule has 3 N–H and O–H groups in total. The van der Waals surface area contributed by atoms with E-state index in [4.69, 9.17) is 4.74 Å². The van der Waals surface area contributed by atoms with E-state index in [-0.39, 0.29) is 24.6 Å². The average molecular weight is 387 g/mol. The summed E-state index contributed by atoms with van der Waals surface area (Å²) in [5, 5.41) is 15.9. The third-order valence-electron chi connectivity index (χ3n) is 4.74. The zero-order valence-electron chi connectivity index (χ0n) is 15.8. The molecule has 0 amide bonds. The summed E-state index contributed by atoms with van der Waals surface area (Å²) in [7, 11) is 1.49. The summed E-state index contributed by atoms with van der Waals surface area (Å²) in [6, 6.07) is 4.89. The second-order valence-corrected chi connectivity index (χ2v) is 6.76. The van der Waals surface area contributed by atoms with E-state index in [2.05, 4.69) is 15.6 Å². The first kappa shape index (κ1) is 21.2. The van der Waals surface area contributed by atoms with Crippen LogP contribution in [0.3, 0.4) is 0 Å². The summed E-state index contributed by atoms with van der Waals surface area (Å²) in [6.07, 6.45) is -1.93. The maximum Gasteiger partial charge on any atom is 0.391 e. The number of aliphatic imine (C=N–C) groups is 1. The molecule has 1 aromatic rings. The van der Waals surface area contributed by atoms with Crippen molar-refractivity contribution in [2.45, 2.75) is 51.2 Å². The van der Waals surface area contributed by atoms with E-state index in [1.54, 1.807) is 18.2 Å². The molecule has 0 saturated heterocycles. The van der Waals surface area contributed by atoms with Gasteiger partial charge in [-0.15, -0.1) is 0 Å². The van der Waals surface area contributed by atoms with E-state index in [0.717, 1.165) is 5.56 Å². The van der Waals surface area contributed by atoms with Crippen molar-refractivity contribution >= 4 is 5.96 Å². The van der Waals surface area contributed by atoms with E-state index in [9.17, 15) is 18.3 Å². The van der Waals surface area contributed by atoms with Crippen LogP contribution in [0.2, 0.25) is 0 Å². The molecule has 2 atom stereocenters. The molecule has 0 heterocycles. The lowest BCUT2D eigenvalue weighted by molar-refractivity contribution is -0.183. The van der Waals surface area contributed by atoms with Gasteiger partial charge in [-0.25, -0.2) is 0 Å². The van der Waals surface area contributed by atoms with Gasteiger partial charge in [0.05, 0.1) is 13.0 Å². The summed E-state index contributed by atoms with van der Waals surface area (Å²) < 4.78 is 44.0. The highest BCUT2D eigenvalue weighted by Gasteiger charge is 2.42. The van der Waals surface area contributed by atoms with Gasteiger partial charge in [0.15, 0.2) is 17.5 Å². The van der Waals surface area contributed by atoms with Gasteiger partial charge in [0.25, 0.3) is 0 Å². The minimum absolute atomic E-state index is 0.0799. The molecule has 1 aromatic carbocycles. The van der Waals surface area contributed by atoms with Crippen LogP contribution in [-0.4, -0.2) is 43.5 Å². The molecule has 1 fully saturated rings. The van der Waals surface area contributed by atoms with E-state index in [1.165, 1.54) is 7.11 Å². The molecule has 1 saturated carbocycles. The van der Waals surface area contributed by atoms with Gasteiger partial charge in [-0.1, -0.05) is 12.5 Å². The van der Waals surface area contributed by atoms with Gasteiger partial charge in [-0.05, 0) is 50.3 Å². The molecule has 2 unspecified atom stereocenters. The second kappa shape index (κ2) is 9.71. The lowest BCUT2D eigenvalue weighted by Crippen LogP contribution is -2.46. The monoisotopic (exact) mass is 387 g/mol. The van der Waals surface area contributed by atoms with Crippen molar-refractivity contribution in [2.75, 3.05) is 20.2 Å². The zero-order chi connectivity index (χ0) is 19.9. The van der Waals surface area contributed by atoms with Crippen molar-refractivity contribution in [3.05, 3.63) is 23.8 Å². The number of phenols is 1. The third-order valence-corrected chi connectivity index (χ3v) is 4.74. The van der Waals surface area contributed by atoms with Crippen molar-refractivity contribution in [1.29, 1.82) is 0 Å². The summed E-state index contributed by atoms with van der Waals surface area (Å²) in [5.41, 5.74) is 0.957. The van der Waals surface area contributed by atoms with Crippen LogP contribution in [0.4, 0.5) is 13.2 Å². The lowest BCUT2D eigenvalue weighted by Gasteiger charge is -2.31. The Hall–Kier alpha value is -2.12. The van der Waals surface area contributed by atoms with E-state index < -0.39 is 12.1 Å². The van der Waals surface area contributed by atoms with Crippen LogP contribution < -0.4 is 15.4 Å². The van der Waals surface area contributed by atoms with Gasteiger partial charge in [0.2, 0.25) is 0 Å². The maximum atomic E-state index is 13.0. The molecule has 152 valence electrons. The SMILES string of the molecule is CCNC(=NCCc1ccc(O)c(OC)c1)NC1CCCC(C(F)(F)F)C1. The molecule has 1 aliphatic carbocycles. The van der Waals surface area contributed by atoms with Crippen LogP contribution >= 0.6 is 0 Å². The van der Waals surface area contributed by atoms with Gasteiger partial charge in [0, 0.05) is 19.1 Å². The first-order chi connectivity index (χ1) is 12.8. The van der Waals surface area contributed by atoms with Gasteiger partial charge in [-0.2, -0.15) is 13.2 Å². The van der Waals surface area contributed by atoms with Gasteiger partial charge in [0.1, 0.15) is 0 Å². The number of rotatable bonds is 6. The Balaban J connectivity index is 1.94. The van der Waals surface area contributed by atoms with E-state index in [0.29, 0.717) is 44.1 Å². The number of halogens is 3. The fraction of sp³-hybridized carbons (Fsp3) is 0.632. The quantitative estimate of drug-likeness (QED) is 0.515. The number of methoxy groups -OCH3 is 1. The molecule has 0 bridgehead atoms. The summed E-state index contributed by atoms with van der Waals surface area (Å²) in [6.45, 7) is 3.02. The zero-order valence-corrected chi connectivity index (χ0v) is 15.8. The van der Waals surface area contributed by atoms with Crippen LogP contribution in [0.1, 0.15) is 38.2 Å². The predicted octanol–water partition coefficient (Wildman–Crippen LogP) is 3.62. The van der Waals surface area contributed by atoms with Crippen LogP contribution in [0.5, 0.6) is 11.5 Å². The van der Waals surface area contributed by atoms with Crippen molar-refractivity contribution in [2.24, 2.45) is 10.9 Å². The first-order valence-electron chi connectivity index (χ1n) is 9.31. The molecule has 1 aliphatic rings. The normalized spacial score (nSPS) is 21.0. The van der Waals surface area contributed by atoms with E-state index in [1.807, 2.05) is 6.92 Å². The Bertz CT molecular complexity index is 635. The number of hydrogen-bond acceptors (Lipinski definition) is 3. The number of alkyl halides is 3. The Morgan fingerprint density at radius 3 is 2.78 bits per heavy atom. The number of nitrogens with one attached hydrogen (secondary N) is 2. The predicted molar refractivity (Wildman–Crippen MR) is 99.3 cm³/mol. The number of guanidine groups is 1. The molecule has 0 spiro atoms. The minimum Gasteiger partial charge on any atom is -0.504 e. The highest BCUT2D eigenvalue weighted by molar-refractivity contribution is 5.80. The standard InChI is InChI=1S/C19H28F3N3O2/c1-3-23-18(25-15-6-4-5-14(12-15)19(20,21)22)24-10-9-13-7-8-16(26)17(11-13)27-2/h7-8,11,14-15,26H,3-6,9-10,12H2,1-2H3,(H2,23,24,25). The summed E-state index contributed by atoms with van der Waals surface area (Å²) in [5.74, 6) is -0.217. The molecule has 0 radical (unpaired) electrons. The Morgan fingerprint density at radius 1 is 1.33 bits per heavy atom. The fourth-order valence-corrected chi connectivity index (χ4v) is 3.31. The van der Waals surface area contributed by atoms with Crippen LogP contribution in [0.25, 0.3) is 0 Å². The largest absolute Gasteiger partial charge is 0.504 e. The van der Waals surface area contributed by atoms with Crippen LogP contribution in [-0.2, 0) is 6.42 Å². The van der Waals surface area contributed by atoms with Crippen molar-refractivity contribution < 1.29 is 23.0 Å². The number of benzene rings is 1. The second-order valence-electron chi connectivity index (χ2n) is 6.76. The third kappa shape index (κ3) is 6.52.